The lowest BCUT2D eigenvalue weighted by molar-refractivity contribution is -0.140. The monoisotopic (exact) mass is 337 g/mol. The fourth-order valence-electron chi connectivity index (χ4n) is 2.70. The van der Waals surface area contributed by atoms with Gasteiger partial charge in [0.05, 0.1) is 5.56 Å². The van der Waals surface area contributed by atoms with Crippen molar-refractivity contribution >= 4 is 5.65 Å². The number of rotatable bonds is 3. The summed E-state index contributed by atoms with van der Waals surface area (Å²) in [6, 6.07) is 7.98. The van der Waals surface area contributed by atoms with Gasteiger partial charge in [-0.05, 0) is 12.5 Å². The molecule has 0 atom stereocenters. The van der Waals surface area contributed by atoms with Crippen molar-refractivity contribution in [1.29, 1.82) is 0 Å². The molecular formula is C16H14F3N3O2. The second kappa shape index (κ2) is 5.79. The van der Waals surface area contributed by atoms with Gasteiger partial charge in [0.25, 0.3) is 5.56 Å². The molecule has 0 bridgehead atoms. The van der Waals surface area contributed by atoms with E-state index in [4.69, 9.17) is 5.11 Å². The number of H-pyrrole nitrogens is 1. The van der Waals surface area contributed by atoms with Gasteiger partial charge in [-0.2, -0.15) is 13.2 Å². The second-order valence-electron chi connectivity index (χ2n) is 5.34. The zero-order chi connectivity index (χ0) is 17.5. The summed E-state index contributed by atoms with van der Waals surface area (Å²) in [7, 11) is 0. The molecule has 0 radical (unpaired) electrons. The molecule has 0 saturated heterocycles. The van der Waals surface area contributed by atoms with Crippen LogP contribution in [0.5, 0.6) is 0 Å². The van der Waals surface area contributed by atoms with Crippen molar-refractivity contribution in [3.63, 3.8) is 0 Å². The summed E-state index contributed by atoms with van der Waals surface area (Å²) in [5.41, 5.74) is -1.12. The Morgan fingerprint density at radius 2 is 1.92 bits per heavy atom. The highest BCUT2D eigenvalue weighted by molar-refractivity contribution is 5.80. The fraction of sp³-hybridized carbons (Fsp3) is 0.250. The van der Waals surface area contributed by atoms with Crippen LogP contribution >= 0.6 is 0 Å². The Morgan fingerprint density at radius 3 is 2.50 bits per heavy atom. The Hall–Kier alpha value is -2.61. The fourth-order valence-corrected chi connectivity index (χ4v) is 2.70. The van der Waals surface area contributed by atoms with Crippen LogP contribution in [0.25, 0.3) is 16.8 Å². The quantitative estimate of drug-likeness (QED) is 0.772. The predicted molar refractivity (Wildman–Crippen MR) is 81.8 cm³/mol. The van der Waals surface area contributed by atoms with Gasteiger partial charge in [0.15, 0.2) is 5.65 Å². The van der Waals surface area contributed by atoms with Gasteiger partial charge in [-0.25, -0.2) is 9.50 Å². The summed E-state index contributed by atoms with van der Waals surface area (Å²) >= 11 is 0. The first kappa shape index (κ1) is 16.3. The molecule has 0 aliphatic heterocycles. The minimum atomic E-state index is -4.67. The standard InChI is InChI=1S/C16H14F3N3O2/c1-9-11(7-8-23)15(24)22-14(20-9)12(10-5-3-2-4-6-10)13(21-22)16(17,18)19/h2-6,21,23H,7-8H2,1H3. The minimum Gasteiger partial charge on any atom is -0.396 e. The number of hydrogen-bond donors (Lipinski definition) is 2. The van der Waals surface area contributed by atoms with Crippen molar-refractivity contribution in [1.82, 2.24) is 14.6 Å². The maximum absolute atomic E-state index is 13.4. The largest absolute Gasteiger partial charge is 0.433 e. The molecule has 0 fully saturated rings. The SMILES string of the molecule is Cc1nc2c(-c3ccccc3)c(C(F)(F)F)[nH]n2c(=O)c1CCO. The van der Waals surface area contributed by atoms with Crippen LogP contribution < -0.4 is 5.56 Å². The number of benzene rings is 1. The molecule has 0 aliphatic rings. The van der Waals surface area contributed by atoms with E-state index in [-0.39, 0.29) is 29.8 Å². The maximum Gasteiger partial charge on any atom is 0.433 e. The normalized spacial score (nSPS) is 12.0. The summed E-state index contributed by atoms with van der Waals surface area (Å²) in [4.78, 5) is 16.7. The van der Waals surface area contributed by atoms with Gasteiger partial charge in [-0.1, -0.05) is 30.3 Å². The third-order valence-electron chi connectivity index (χ3n) is 3.79. The number of nitrogens with zero attached hydrogens (tertiary/aromatic N) is 2. The van der Waals surface area contributed by atoms with E-state index in [2.05, 4.69) is 10.1 Å². The van der Waals surface area contributed by atoms with Crippen molar-refractivity contribution in [2.24, 2.45) is 0 Å². The molecule has 0 saturated carbocycles. The molecule has 126 valence electrons. The Labute approximate surface area is 134 Å². The van der Waals surface area contributed by atoms with E-state index in [1.54, 1.807) is 25.1 Å². The van der Waals surface area contributed by atoms with E-state index in [0.717, 1.165) is 4.52 Å². The van der Waals surface area contributed by atoms with Gasteiger partial charge in [-0.15, -0.1) is 0 Å². The van der Waals surface area contributed by atoms with Crippen LogP contribution in [0, 0.1) is 6.92 Å². The number of hydrogen-bond acceptors (Lipinski definition) is 3. The lowest BCUT2D eigenvalue weighted by Gasteiger charge is -2.07. The summed E-state index contributed by atoms with van der Waals surface area (Å²) < 4.78 is 41.1. The number of halogens is 3. The molecule has 3 aromatic rings. The Bertz CT molecular complexity index is 943. The highest BCUT2D eigenvalue weighted by atomic mass is 19.4. The Balaban J connectivity index is 2.43. The van der Waals surface area contributed by atoms with Crippen molar-refractivity contribution in [3.05, 3.63) is 57.6 Å². The van der Waals surface area contributed by atoms with Crippen molar-refractivity contribution < 1.29 is 18.3 Å². The molecule has 0 aliphatic carbocycles. The maximum atomic E-state index is 13.4. The molecule has 5 nitrogen and oxygen atoms in total. The van der Waals surface area contributed by atoms with Crippen LogP contribution in [-0.4, -0.2) is 26.3 Å². The van der Waals surface area contributed by atoms with Gasteiger partial charge < -0.3 is 5.11 Å². The second-order valence-corrected chi connectivity index (χ2v) is 5.34. The number of aliphatic hydroxyl groups is 1. The van der Waals surface area contributed by atoms with Crippen LogP contribution in [0.2, 0.25) is 0 Å². The predicted octanol–water partition coefficient (Wildman–Crippen LogP) is 2.55. The van der Waals surface area contributed by atoms with Crippen LogP contribution in [0.4, 0.5) is 13.2 Å². The molecule has 2 aromatic heterocycles. The Morgan fingerprint density at radius 1 is 1.25 bits per heavy atom. The van der Waals surface area contributed by atoms with Gasteiger partial charge >= 0.3 is 6.18 Å². The topological polar surface area (TPSA) is 70.4 Å². The van der Waals surface area contributed by atoms with E-state index in [1.807, 2.05) is 0 Å². The average molecular weight is 337 g/mol. The van der Waals surface area contributed by atoms with Crippen LogP contribution in [0.15, 0.2) is 35.1 Å². The smallest absolute Gasteiger partial charge is 0.396 e. The molecule has 2 N–H and O–H groups in total. The molecule has 3 rings (SSSR count). The number of aliphatic hydroxyl groups excluding tert-OH is 1. The number of nitrogens with one attached hydrogen (secondary N) is 1. The van der Waals surface area contributed by atoms with Crippen molar-refractivity contribution in [2.45, 2.75) is 19.5 Å². The third kappa shape index (κ3) is 2.58. The number of fused-ring (bicyclic) bond motifs is 1. The third-order valence-corrected chi connectivity index (χ3v) is 3.79. The van der Waals surface area contributed by atoms with Crippen LogP contribution in [0.1, 0.15) is 17.0 Å². The van der Waals surface area contributed by atoms with Gasteiger partial charge in [0, 0.05) is 24.3 Å². The van der Waals surface area contributed by atoms with Crippen LogP contribution in [-0.2, 0) is 12.6 Å². The first-order valence-corrected chi connectivity index (χ1v) is 7.22. The average Bonchev–Trinajstić information content (AvgIpc) is 2.92. The lowest BCUT2D eigenvalue weighted by atomic mass is 10.1. The van der Waals surface area contributed by atoms with Gasteiger partial charge in [0.1, 0.15) is 5.69 Å². The van der Waals surface area contributed by atoms with E-state index in [9.17, 15) is 18.0 Å². The Kier molecular flexibility index (Phi) is 3.92. The summed E-state index contributed by atoms with van der Waals surface area (Å²) in [5.74, 6) is 0. The van der Waals surface area contributed by atoms with E-state index < -0.39 is 17.4 Å². The molecule has 0 unspecified atom stereocenters. The zero-order valence-electron chi connectivity index (χ0n) is 12.7. The molecule has 2 heterocycles. The number of alkyl halides is 3. The van der Waals surface area contributed by atoms with Gasteiger partial charge in [-0.3, -0.25) is 9.89 Å². The summed E-state index contributed by atoms with van der Waals surface area (Å²) in [6.45, 7) is 1.25. The zero-order valence-corrected chi connectivity index (χ0v) is 12.7. The van der Waals surface area contributed by atoms with Gasteiger partial charge in [0.2, 0.25) is 0 Å². The molecule has 24 heavy (non-hydrogen) atoms. The minimum absolute atomic E-state index is 0.0294. The highest BCUT2D eigenvalue weighted by Gasteiger charge is 2.38. The first-order chi connectivity index (χ1) is 11.3. The molecular weight excluding hydrogens is 323 g/mol. The number of aromatic nitrogens is 3. The molecule has 8 heteroatoms. The lowest BCUT2D eigenvalue weighted by Crippen LogP contribution is -2.23. The summed E-state index contributed by atoms with van der Waals surface area (Å²) in [6.07, 6.45) is -4.64. The molecule has 1 aromatic carbocycles. The summed E-state index contributed by atoms with van der Waals surface area (Å²) in [5, 5.41) is 11.2. The number of aryl methyl sites for hydroxylation is 1. The van der Waals surface area contributed by atoms with Crippen molar-refractivity contribution in [3.8, 4) is 11.1 Å². The van der Waals surface area contributed by atoms with Crippen molar-refractivity contribution in [2.75, 3.05) is 6.61 Å². The molecule has 0 amide bonds. The first-order valence-electron chi connectivity index (χ1n) is 7.22. The highest BCUT2D eigenvalue weighted by Crippen LogP contribution is 2.38. The van der Waals surface area contributed by atoms with Crippen LogP contribution in [0.3, 0.4) is 0 Å². The number of aromatic amines is 1. The van der Waals surface area contributed by atoms with E-state index in [0.29, 0.717) is 11.3 Å². The molecule has 0 spiro atoms. The van der Waals surface area contributed by atoms with E-state index in [1.165, 1.54) is 12.1 Å². The van der Waals surface area contributed by atoms with E-state index >= 15 is 0 Å².